The van der Waals surface area contributed by atoms with Crippen molar-refractivity contribution in [3.05, 3.63) is 57.6 Å². The molecule has 2 aromatic carbocycles. The zero-order valence-electron chi connectivity index (χ0n) is 17.9. The summed E-state index contributed by atoms with van der Waals surface area (Å²) in [4.78, 5) is 9.12. The summed E-state index contributed by atoms with van der Waals surface area (Å²) < 4.78 is 0. The van der Waals surface area contributed by atoms with Crippen molar-refractivity contribution in [1.29, 1.82) is 5.26 Å². The van der Waals surface area contributed by atoms with E-state index in [1.54, 1.807) is 6.07 Å². The van der Waals surface area contributed by atoms with E-state index in [4.69, 9.17) is 23.2 Å². The SMILES string of the molecule is CN(C)CCN(C)c1ccc(C#N)c(CN2CCN(c3ccc(Cl)cc3Cl)CC2)c1. The molecule has 1 fully saturated rings. The van der Waals surface area contributed by atoms with Crippen molar-refractivity contribution < 1.29 is 0 Å². The minimum absolute atomic E-state index is 0.654. The number of nitriles is 1. The van der Waals surface area contributed by atoms with Gasteiger partial charge in [-0.3, -0.25) is 4.90 Å². The summed E-state index contributed by atoms with van der Waals surface area (Å²) in [6.45, 7) is 6.34. The Morgan fingerprint density at radius 2 is 1.70 bits per heavy atom. The van der Waals surface area contributed by atoms with Crippen LogP contribution in [0.5, 0.6) is 0 Å². The summed E-state index contributed by atoms with van der Waals surface area (Å²) in [6, 6.07) is 14.2. The molecule has 0 amide bonds. The van der Waals surface area contributed by atoms with E-state index < -0.39 is 0 Å². The third kappa shape index (κ3) is 5.80. The van der Waals surface area contributed by atoms with Crippen molar-refractivity contribution in [2.45, 2.75) is 6.54 Å². The molecule has 0 atom stereocenters. The second-order valence-electron chi connectivity index (χ2n) is 8.04. The monoisotopic (exact) mass is 445 g/mol. The molecule has 0 N–H and O–H groups in total. The van der Waals surface area contributed by atoms with E-state index >= 15 is 0 Å². The molecular weight excluding hydrogens is 417 g/mol. The first-order chi connectivity index (χ1) is 14.4. The number of rotatable bonds is 7. The van der Waals surface area contributed by atoms with Gasteiger partial charge < -0.3 is 14.7 Å². The zero-order chi connectivity index (χ0) is 21.7. The van der Waals surface area contributed by atoms with Gasteiger partial charge in [-0.25, -0.2) is 0 Å². The molecule has 0 bridgehead atoms. The Kier molecular flexibility index (Phi) is 7.85. The van der Waals surface area contributed by atoms with Crippen LogP contribution in [0.2, 0.25) is 10.0 Å². The molecule has 1 saturated heterocycles. The average Bonchev–Trinajstić information content (AvgIpc) is 2.72. The molecule has 0 unspecified atom stereocenters. The average molecular weight is 446 g/mol. The number of hydrogen-bond acceptors (Lipinski definition) is 5. The van der Waals surface area contributed by atoms with Gasteiger partial charge >= 0.3 is 0 Å². The second-order valence-corrected chi connectivity index (χ2v) is 8.88. The summed E-state index contributed by atoms with van der Waals surface area (Å²) in [5, 5.41) is 10.9. The summed E-state index contributed by atoms with van der Waals surface area (Å²) in [6.07, 6.45) is 0. The van der Waals surface area contributed by atoms with Crippen LogP contribution >= 0.6 is 23.2 Å². The highest BCUT2D eigenvalue weighted by Crippen LogP contribution is 2.30. The lowest BCUT2D eigenvalue weighted by Crippen LogP contribution is -2.46. The van der Waals surface area contributed by atoms with Gasteiger partial charge in [-0.2, -0.15) is 5.26 Å². The number of anilines is 2. The normalized spacial score (nSPS) is 14.8. The van der Waals surface area contributed by atoms with Gasteiger partial charge in [0.2, 0.25) is 0 Å². The Bertz CT molecular complexity index is 901. The Labute approximate surface area is 190 Å². The van der Waals surface area contributed by atoms with E-state index in [0.717, 1.165) is 68.3 Å². The molecule has 160 valence electrons. The van der Waals surface area contributed by atoms with Crippen molar-refractivity contribution in [3.8, 4) is 6.07 Å². The topological polar surface area (TPSA) is 36.8 Å². The Morgan fingerprint density at radius 3 is 2.33 bits per heavy atom. The first-order valence-corrected chi connectivity index (χ1v) is 10.9. The number of piperazine rings is 1. The highest BCUT2D eigenvalue weighted by atomic mass is 35.5. The van der Waals surface area contributed by atoms with Crippen LogP contribution < -0.4 is 9.80 Å². The van der Waals surface area contributed by atoms with Crippen molar-refractivity contribution in [1.82, 2.24) is 9.80 Å². The fourth-order valence-electron chi connectivity index (χ4n) is 3.66. The summed E-state index contributed by atoms with van der Waals surface area (Å²) in [5.41, 5.74) is 4.02. The Hall–Kier alpha value is -1.97. The number of hydrogen-bond donors (Lipinski definition) is 0. The van der Waals surface area contributed by atoms with Crippen LogP contribution in [0.1, 0.15) is 11.1 Å². The molecule has 0 saturated carbocycles. The molecular formula is C23H29Cl2N5. The van der Waals surface area contributed by atoms with E-state index in [1.807, 2.05) is 24.3 Å². The quantitative estimate of drug-likeness (QED) is 0.638. The van der Waals surface area contributed by atoms with Crippen molar-refractivity contribution in [2.24, 2.45) is 0 Å². The second kappa shape index (κ2) is 10.4. The highest BCUT2D eigenvalue weighted by Gasteiger charge is 2.20. The van der Waals surface area contributed by atoms with Crippen LogP contribution in [-0.4, -0.2) is 70.2 Å². The lowest BCUT2D eigenvalue weighted by atomic mass is 10.1. The minimum Gasteiger partial charge on any atom is -0.373 e. The number of halogens is 2. The third-order valence-electron chi connectivity index (χ3n) is 5.55. The maximum atomic E-state index is 9.57. The van der Waals surface area contributed by atoms with Gasteiger partial charge in [0.15, 0.2) is 0 Å². The third-order valence-corrected chi connectivity index (χ3v) is 6.09. The maximum Gasteiger partial charge on any atom is 0.0995 e. The molecule has 1 aliphatic rings. The van der Waals surface area contributed by atoms with Gasteiger partial charge in [0.25, 0.3) is 0 Å². The van der Waals surface area contributed by atoms with Crippen LogP contribution in [-0.2, 0) is 6.54 Å². The first kappa shape index (κ1) is 22.7. The number of nitrogens with zero attached hydrogens (tertiary/aromatic N) is 5. The van der Waals surface area contributed by atoms with Crippen LogP contribution in [0.15, 0.2) is 36.4 Å². The highest BCUT2D eigenvalue weighted by molar-refractivity contribution is 6.36. The van der Waals surface area contributed by atoms with Gasteiger partial charge in [0.05, 0.1) is 22.3 Å². The molecule has 1 aliphatic heterocycles. The molecule has 0 aromatic heterocycles. The van der Waals surface area contributed by atoms with E-state index in [0.29, 0.717) is 10.0 Å². The minimum atomic E-state index is 0.654. The summed E-state index contributed by atoms with van der Waals surface area (Å²) >= 11 is 12.4. The van der Waals surface area contributed by atoms with Crippen LogP contribution in [0, 0.1) is 11.3 Å². The number of likely N-dealkylation sites (N-methyl/N-ethyl adjacent to an activating group) is 2. The van der Waals surface area contributed by atoms with Gasteiger partial charge in [-0.15, -0.1) is 0 Å². The Morgan fingerprint density at radius 1 is 0.967 bits per heavy atom. The molecule has 2 aromatic rings. The lowest BCUT2D eigenvalue weighted by Gasteiger charge is -2.36. The largest absolute Gasteiger partial charge is 0.373 e. The maximum absolute atomic E-state index is 9.57. The van der Waals surface area contributed by atoms with Crippen LogP contribution in [0.4, 0.5) is 11.4 Å². The van der Waals surface area contributed by atoms with Crippen LogP contribution in [0.25, 0.3) is 0 Å². The van der Waals surface area contributed by atoms with Gasteiger partial charge in [-0.1, -0.05) is 23.2 Å². The summed E-state index contributed by atoms with van der Waals surface area (Å²) in [7, 11) is 6.26. The molecule has 1 heterocycles. The van der Waals surface area contributed by atoms with Crippen molar-refractivity contribution in [3.63, 3.8) is 0 Å². The molecule has 30 heavy (non-hydrogen) atoms. The smallest absolute Gasteiger partial charge is 0.0995 e. The fourth-order valence-corrected chi connectivity index (χ4v) is 4.19. The van der Waals surface area contributed by atoms with Crippen LogP contribution in [0.3, 0.4) is 0 Å². The standard InChI is InChI=1S/C23H29Cl2N5/c1-27(2)8-9-28(3)21-6-4-18(16-26)19(14-21)17-29-10-12-30(13-11-29)23-7-5-20(24)15-22(23)25/h4-7,14-15H,8-13,17H2,1-3H3. The van der Waals surface area contributed by atoms with E-state index in [9.17, 15) is 5.26 Å². The van der Waals surface area contributed by atoms with E-state index in [2.05, 4.69) is 52.9 Å². The molecule has 3 rings (SSSR count). The van der Waals surface area contributed by atoms with Crippen molar-refractivity contribution in [2.75, 3.05) is 70.2 Å². The van der Waals surface area contributed by atoms with Gasteiger partial charge in [0.1, 0.15) is 0 Å². The Balaban J connectivity index is 1.65. The number of benzene rings is 2. The molecule has 0 aliphatic carbocycles. The first-order valence-electron chi connectivity index (χ1n) is 10.2. The summed E-state index contributed by atoms with van der Waals surface area (Å²) in [5.74, 6) is 0. The van der Waals surface area contributed by atoms with Gasteiger partial charge in [-0.05, 0) is 56.1 Å². The molecule has 0 radical (unpaired) electrons. The predicted molar refractivity (Wildman–Crippen MR) is 127 cm³/mol. The van der Waals surface area contributed by atoms with Gasteiger partial charge in [0, 0.05) is 63.6 Å². The molecule has 7 heteroatoms. The fraction of sp³-hybridized carbons (Fsp3) is 0.435. The van der Waals surface area contributed by atoms with E-state index in [-0.39, 0.29) is 0 Å². The van der Waals surface area contributed by atoms with Crippen molar-refractivity contribution >= 4 is 34.6 Å². The van der Waals surface area contributed by atoms with E-state index in [1.165, 1.54) is 0 Å². The molecule has 0 spiro atoms. The lowest BCUT2D eigenvalue weighted by molar-refractivity contribution is 0.249. The molecule has 5 nitrogen and oxygen atoms in total. The zero-order valence-corrected chi connectivity index (χ0v) is 19.4. The predicted octanol–water partition coefficient (Wildman–Crippen LogP) is 4.19.